The molecule has 0 saturated carbocycles. The summed E-state index contributed by atoms with van der Waals surface area (Å²) >= 11 is 0. The summed E-state index contributed by atoms with van der Waals surface area (Å²) in [6, 6.07) is 0.138. The van der Waals surface area contributed by atoms with E-state index in [2.05, 4.69) is 15.2 Å². The summed E-state index contributed by atoms with van der Waals surface area (Å²) in [4.78, 5) is 18.3. The molecule has 1 fully saturated rings. The number of nitrogens with zero attached hydrogens (tertiary/aromatic N) is 4. The van der Waals surface area contributed by atoms with Crippen LogP contribution in [0.3, 0.4) is 0 Å². The van der Waals surface area contributed by atoms with Crippen LogP contribution in [0, 0.1) is 6.92 Å². The van der Waals surface area contributed by atoms with E-state index in [1.807, 2.05) is 24.2 Å². The van der Waals surface area contributed by atoms with Gasteiger partial charge in [-0.05, 0) is 25.3 Å². The smallest absolute Gasteiger partial charge is 0.243 e. The molecule has 0 bridgehead atoms. The van der Waals surface area contributed by atoms with Crippen LogP contribution < -0.4 is 0 Å². The first kappa shape index (κ1) is 12.0. The highest BCUT2D eigenvalue weighted by atomic mass is 16.2. The van der Waals surface area contributed by atoms with Gasteiger partial charge in [0.15, 0.2) is 0 Å². The molecule has 0 spiro atoms. The van der Waals surface area contributed by atoms with E-state index in [4.69, 9.17) is 0 Å². The minimum atomic E-state index is 0.134. The number of hydrogen-bond donors (Lipinski definition) is 1. The molecule has 3 heterocycles. The fraction of sp³-hybridized carbons (Fsp3) is 0.462. The Bertz CT molecular complexity index is 559. The Balaban J connectivity index is 1.76. The summed E-state index contributed by atoms with van der Waals surface area (Å²) in [6.45, 7) is 3.19. The fourth-order valence-electron chi connectivity index (χ4n) is 2.69. The Hall–Kier alpha value is -2.11. The Morgan fingerprint density at radius 1 is 1.58 bits per heavy atom. The van der Waals surface area contributed by atoms with E-state index in [0.717, 1.165) is 30.6 Å². The lowest BCUT2D eigenvalue weighted by atomic mass is 10.1. The van der Waals surface area contributed by atoms with Crippen LogP contribution in [-0.4, -0.2) is 37.1 Å². The maximum absolute atomic E-state index is 12.4. The lowest BCUT2D eigenvalue weighted by Crippen LogP contribution is -2.33. The van der Waals surface area contributed by atoms with Crippen molar-refractivity contribution in [3.8, 4) is 0 Å². The number of amides is 1. The Morgan fingerprint density at radius 2 is 2.47 bits per heavy atom. The molecule has 1 amide bonds. The molecule has 1 saturated heterocycles. The molecule has 2 aromatic heterocycles. The SMILES string of the molecule is Cc1cn[nH]c1C1CCCN1C(=O)Cn1ccnc1. The molecule has 6 heteroatoms. The minimum absolute atomic E-state index is 0.134. The second-order valence-electron chi connectivity index (χ2n) is 4.95. The maximum Gasteiger partial charge on any atom is 0.243 e. The van der Waals surface area contributed by atoms with Gasteiger partial charge in [-0.2, -0.15) is 5.10 Å². The molecular weight excluding hydrogens is 242 g/mol. The van der Waals surface area contributed by atoms with Crippen molar-refractivity contribution in [3.63, 3.8) is 0 Å². The molecule has 1 N–H and O–H groups in total. The van der Waals surface area contributed by atoms with Gasteiger partial charge in [0.05, 0.1) is 24.3 Å². The van der Waals surface area contributed by atoms with Gasteiger partial charge in [0.25, 0.3) is 0 Å². The van der Waals surface area contributed by atoms with Gasteiger partial charge in [-0.1, -0.05) is 0 Å². The van der Waals surface area contributed by atoms with E-state index in [1.165, 1.54) is 0 Å². The van der Waals surface area contributed by atoms with Crippen molar-refractivity contribution in [2.24, 2.45) is 0 Å². The minimum Gasteiger partial charge on any atom is -0.333 e. The fourth-order valence-corrected chi connectivity index (χ4v) is 2.69. The van der Waals surface area contributed by atoms with Gasteiger partial charge >= 0.3 is 0 Å². The highest BCUT2D eigenvalue weighted by Gasteiger charge is 2.31. The van der Waals surface area contributed by atoms with Crippen molar-refractivity contribution in [2.45, 2.75) is 32.4 Å². The molecule has 0 aliphatic carbocycles. The van der Waals surface area contributed by atoms with Crippen molar-refractivity contribution >= 4 is 5.91 Å². The van der Waals surface area contributed by atoms with Gasteiger partial charge in [-0.15, -0.1) is 0 Å². The van der Waals surface area contributed by atoms with Crippen LogP contribution in [0.2, 0.25) is 0 Å². The highest BCUT2D eigenvalue weighted by molar-refractivity contribution is 5.76. The summed E-state index contributed by atoms with van der Waals surface area (Å²) in [6.07, 6.45) is 9.02. The first-order valence-corrected chi connectivity index (χ1v) is 6.51. The average Bonchev–Trinajstić information content (AvgIpc) is 3.07. The van der Waals surface area contributed by atoms with E-state index < -0.39 is 0 Å². The van der Waals surface area contributed by atoms with Gasteiger partial charge in [0, 0.05) is 18.9 Å². The number of hydrogen-bond acceptors (Lipinski definition) is 3. The Labute approximate surface area is 111 Å². The van der Waals surface area contributed by atoms with Crippen molar-refractivity contribution in [1.29, 1.82) is 0 Å². The second-order valence-corrected chi connectivity index (χ2v) is 4.95. The predicted molar refractivity (Wildman–Crippen MR) is 69.2 cm³/mol. The molecule has 6 nitrogen and oxygen atoms in total. The first-order chi connectivity index (χ1) is 9.25. The van der Waals surface area contributed by atoms with Gasteiger partial charge < -0.3 is 9.47 Å². The van der Waals surface area contributed by atoms with Gasteiger partial charge in [0.1, 0.15) is 6.54 Å². The number of H-pyrrole nitrogens is 1. The predicted octanol–water partition coefficient (Wildman–Crippen LogP) is 1.28. The number of imidazole rings is 1. The quantitative estimate of drug-likeness (QED) is 0.903. The molecule has 1 aliphatic rings. The largest absolute Gasteiger partial charge is 0.333 e. The third-order valence-electron chi connectivity index (χ3n) is 3.65. The van der Waals surface area contributed by atoms with Crippen molar-refractivity contribution in [1.82, 2.24) is 24.6 Å². The summed E-state index contributed by atoms with van der Waals surface area (Å²) in [5.41, 5.74) is 2.18. The standard InChI is InChI=1S/C13H17N5O/c1-10-7-15-16-13(10)11-3-2-5-18(11)12(19)8-17-6-4-14-9-17/h4,6-7,9,11H,2-3,5,8H2,1H3,(H,15,16). The van der Waals surface area contributed by atoms with E-state index >= 15 is 0 Å². The molecule has 2 aromatic rings. The number of likely N-dealkylation sites (tertiary alicyclic amines) is 1. The van der Waals surface area contributed by atoms with Crippen LogP contribution in [0.15, 0.2) is 24.9 Å². The van der Waals surface area contributed by atoms with Crippen LogP contribution >= 0.6 is 0 Å². The van der Waals surface area contributed by atoms with Gasteiger partial charge in [-0.25, -0.2) is 4.98 Å². The molecule has 19 heavy (non-hydrogen) atoms. The Kier molecular flexibility index (Phi) is 3.06. The number of rotatable bonds is 3. The van der Waals surface area contributed by atoms with Crippen molar-refractivity contribution in [2.75, 3.05) is 6.54 Å². The average molecular weight is 259 g/mol. The van der Waals surface area contributed by atoms with Gasteiger partial charge in [-0.3, -0.25) is 9.89 Å². The number of carbonyl (C=O) groups excluding carboxylic acids is 1. The zero-order chi connectivity index (χ0) is 13.2. The van der Waals surface area contributed by atoms with Crippen LogP contribution in [0.25, 0.3) is 0 Å². The van der Waals surface area contributed by atoms with Gasteiger partial charge in [0.2, 0.25) is 5.91 Å². The molecular formula is C13H17N5O. The summed E-state index contributed by atoms with van der Waals surface area (Å²) in [5, 5.41) is 7.09. The summed E-state index contributed by atoms with van der Waals surface area (Å²) < 4.78 is 1.80. The molecule has 100 valence electrons. The third kappa shape index (κ3) is 2.25. The molecule has 3 rings (SSSR count). The zero-order valence-electron chi connectivity index (χ0n) is 10.9. The lowest BCUT2D eigenvalue weighted by molar-refractivity contribution is -0.132. The molecule has 0 radical (unpaired) electrons. The number of nitrogens with one attached hydrogen (secondary N) is 1. The third-order valence-corrected chi connectivity index (χ3v) is 3.65. The van der Waals surface area contributed by atoms with E-state index in [9.17, 15) is 4.79 Å². The topological polar surface area (TPSA) is 66.8 Å². The number of aromatic amines is 1. The second kappa shape index (κ2) is 4.87. The van der Waals surface area contributed by atoms with Crippen molar-refractivity contribution in [3.05, 3.63) is 36.2 Å². The normalized spacial score (nSPS) is 19.0. The van der Waals surface area contributed by atoms with Crippen LogP contribution in [0.4, 0.5) is 0 Å². The zero-order valence-corrected chi connectivity index (χ0v) is 10.9. The van der Waals surface area contributed by atoms with E-state index in [1.54, 1.807) is 17.1 Å². The summed E-state index contributed by atoms with van der Waals surface area (Å²) in [5.74, 6) is 0.134. The monoisotopic (exact) mass is 259 g/mol. The maximum atomic E-state index is 12.4. The number of aromatic nitrogens is 4. The summed E-state index contributed by atoms with van der Waals surface area (Å²) in [7, 11) is 0. The Morgan fingerprint density at radius 3 is 3.16 bits per heavy atom. The van der Waals surface area contributed by atoms with Crippen molar-refractivity contribution < 1.29 is 4.79 Å². The van der Waals surface area contributed by atoms with Crippen LogP contribution in [0.5, 0.6) is 0 Å². The van der Waals surface area contributed by atoms with Crippen LogP contribution in [0.1, 0.15) is 30.1 Å². The van der Waals surface area contributed by atoms with Crippen LogP contribution in [-0.2, 0) is 11.3 Å². The molecule has 1 aliphatic heterocycles. The van der Waals surface area contributed by atoms with E-state index in [0.29, 0.717) is 6.54 Å². The number of aryl methyl sites for hydroxylation is 1. The number of carbonyl (C=O) groups is 1. The lowest BCUT2D eigenvalue weighted by Gasteiger charge is -2.24. The molecule has 1 atom stereocenters. The molecule has 1 unspecified atom stereocenters. The highest BCUT2D eigenvalue weighted by Crippen LogP contribution is 2.32. The molecule has 0 aromatic carbocycles. The van der Waals surface area contributed by atoms with E-state index in [-0.39, 0.29) is 11.9 Å². The first-order valence-electron chi connectivity index (χ1n) is 6.51.